The first kappa shape index (κ1) is 20.9. The van der Waals surface area contributed by atoms with Crippen molar-refractivity contribution in [3.05, 3.63) is 54.6 Å². The van der Waals surface area contributed by atoms with E-state index in [0.717, 1.165) is 30.6 Å². The number of allylic oxidation sites excluding steroid dienone is 3. The van der Waals surface area contributed by atoms with Crippen molar-refractivity contribution < 1.29 is 24.2 Å². The zero-order valence-corrected chi connectivity index (χ0v) is 19.4. The molecule has 0 spiro atoms. The summed E-state index contributed by atoms with van der Waals surface area (Å²) in [4.78, 5) is 27.5. The molecule has 8 rings (SSSR count). The largest absolute Gasteiger partial charge is 0.490 e. The number of fused-ring (bicyclic) bond motifs is 4. The summed E-state index contributed by atoms with van der Waals surface area (Å²) in [5.41, 5.74) is -2.37. The fraction of sp³-hybridized carbons (Fsp3) is 0.571. The van der Waals surface area contributed by atoms with Crippen LogP contribution in [0.15, 0.2) is 49.1 Å². The molecule has 6 heteroatoms. The number of morpholine rings is 1. The standard InChI is InChI=1S/C28H31NO5/c1-3-16-7-11-18-20-12-14(2)4-10-19(20)23-22(18)21(16)24(30)28-25(34-28)27(32,29-26(28)31)13-15-5-8-17(33-23)9-6-15/h3,5-9,11,14,16,18-23,25,32H,1,4,10,12-13H2,2H3,(H,29,31). The molecule has 178 valence electrons. The topological polar surface area (TPSA) is 88.2 Å². The van der Waals surface area contributed by atoms with E-state index in [4.69, 9.17) is 9.47 Å². The van der Waals surface area contributed by atoms with E-state index in [9.17, 15) is 14.7 Å². The molecule has 0 radical (unpaired) electrons. The Morgan fingerprint density at radius 2 is 1.94 bits per heavy atom. The maximum Gasteiger partial charge on any atom is 0.265 e. The molecule has 1 aromatic carbocycles. The molecule has 11 unspecified atom stereocenters. The third kappa shape index (κ3) is 2.59. The molecule has 6 nitrogen and oxygen atoms in total. The van der Waals surface area contributed by atoms with Crippen molar-refractivity contribution in [2.24, 2.45) is 41.4 Å². The fourth-order valence-electron chi connectivity index (χ4n) is 8.13. The van der Waals surface area contributed by atoms with E-state index in [1.165, 1.54) is 0 Å². The number of nitrogens with one attached hydrogen (secondary N) is 1. The second-order valence-electron chi connectivity index (χ2n) is 11.5. The second-order valence-corrected chi connectivity index (χ2v) is 11.5. The van der Waals surface area contributed by atoms with Crippen LogP contribution >= 0.6 is 0 Å². The maximum atomic E-state index is 14.3. The molecule has 0 aromatic heterocycles. The van der Waals surface area contributed by atoms with Crippen molar-refractivity contribution in [3.8, 4) is 5.75 Å². The number of ketones is 1. The Kier molecular flexibility index (Phi) is 4.19. The van der Waals surface area contributed by atoms with Crippen LogP contribution in [0.1, 0.15) is 31.7 Å². The highest BCUT2D eigenvalue weighted by Gasteiger charge is 2.81. The number of amides is 1. The molecule has 3 aliphatic carbocycles. The maximum absolute atomic E-state index is 14.3. The summed E-state index contributed by atoms with van der Waals surface area (Å²) in [5, 5.41) is 14.1. The minimum atomic E-state index is -1.62. The third-order valence-electron chi connectivity index (χ3n) is 9.67. The molecule has 4 heterocycles. The zero-order valence-electron chi connectivity index (χ0n) is 19.4. The Balaban J connectivity index is 1.40. The summed E-state index contributed by atoms with van der Waals surface area (Å²) in [6.07, 6.45) is 8.76. The minimum absolute atomic E-state index is 0.0676. The first-order chi connectivity index (χ1) is 16.4. The summed E-state index contributed by atoms with van der Waals surface area (Å²) in [6.45, 7) is 6.35. The van der Waals surface area contributed by atoms with Crippen LogP contribution in [-0.4, -0.2) is 40.3 Å². The third-order valence-corrected chi connectivity index (χ3v) is 9.67. The van der Waals surface area contributed by atoms with Gasteiger partial charge in [0, 0.05) is 24.2 Å². The van der Waals surface area contributed by atoms with Crippen LogP contribution in [0, 0.1) is 41.4 Å². The molecule has 4 fully saturated rings. The van der Waals surface area contributed by atoms with Crippen LogP contribution < -0.4 is 10.1 Å². The van der Waals surface area contributed by atoms with E-state index < -0.39 is 29.3 Å². The van der Waals surface area contributed by atoms with Gasteiger partial charge in [0.15, 0.2) is 17.6 Å². The van der Waals surface area contributed by atoms with Crippen LogP contribution in [0.2, 0.25) is 0 Å². The Morgan fingerprint density at radius 1 is 1.15 bits per heavy atom. The van der Waals surface area contributed by atoms with Gasteiger partial charge in [0.2, 0.25) is 5.60 Å². The van der Waals surface area contributed by atoms with Gasteiger partial charge in [-0.3, -0.25) is 9.59 Å². The lowest BCUT2D eigenvalue weighted by Gasteiger charge is -2.38. The molecular formula is C28H31NO5. The summed E-state index contributed by atoms with van der Waals surface area (Å²) < 4.78 is 12.6. The van der Waals surface area contributed by atoms with E-state index in [1.807, 2.05) is 30.3 Å². The van der Waals surface area contributed by atoms with Crippen LogP contribution in [0.3, 0.4) is 0 Å². The van der Waals surface area contributed by atoms with Crippen molar-refractivity contribution in [1.82, 2.24) is 5.32 Å². The zero-order chi connectivity index (χ0) is 23.4. The average molecular weight is 462 g/mol. The van der Waals surface area contributed by atoms with E-state index in [1.54, 1.807) is 0 Å². The lowest BCUT2D eigenvalue weighted by Crippen LogP contribution is -2.51. The minimum Gasteiger partial charge on any atom is -0.490 e. The molecule has 7 aliphatic rings. The number of hydrogen-bond acceptors (Lipinski definition) is 5. The molecule has 11 atom stereocenters. The van der Waals surface area contributed by atoms with Crippen molar-refractivity contribution >= 4 is 11.7 Å². The quantitative estimate of drug-likeness (QED) is 0.382. The fourth-order valence-corrected chi connectivity index (χ4v) is 8.13. The monoisotopic (exact) mass is 461 g/mol. The van der Waals surface area contributed by atoms with Gasteiger partial charge in [-0.2, -0.15) is 0 Å². The summed E-state index contributed by atoms with van der Waals surface area (Å²) in [5.74, 6) is 0.977. The number of epoxide rings is 1. The van der Waals surface area contributed by atoms with Crippen molar-refractivity contribution in [1.29, 1.82) is 0 Å². The van der Waals surface area contributed by atoms with Crippen molar-refractivity contribution in [2.75, 3.05) is 0 Å². The van der Waals surface area contributed by atoms with Crippen molar-refractivity contribution in [2.45, 2.75) is 56.1 Å². The summed E-state index contributed by atoms with van der Waals surface area (Å²) in [7, 11) is 0. The first-order valence-electron chi connectivity index (χ1n) is 12.7. The molecule has 4 bridgehead atoms. The molecule has 2 N–H and O–H groups in total. The van der Waals surface area contributed by atoms with Gasteiger partial charge in [-0.15, -0.1) is 6.58 Å². The number of carbonyl (C=O) groups excluding carboxylic acids is 2. The average Bonchev–Trinajstić information content (AvgIpc) is 3.48. The molecular weight excluding hydrogens is 430 g/mol. The number of Topliss-reactive ketones (excluding diaryl/α,β-unsaturated/α-hetero) is 1. The highest BCUT2D eigenvalue weighted by molar-refractivity contribution is 6.16. The Labute approximate surface area is 199 Å². The van der Waals surface area contributed by atoms with Gasteiger partial charge < -0.3 is 19.9 Å². The van der Waals surface area contributed by atoms with Gasteiger partial charge in [0.1, 0.15) is 11.9 Å². The normalized spacial score (nSPS) is 50.0. The van der Waals surface area contributed by atoms with Gasteiger partial charge in [-0.1, -0.05) is 43.7 Å². The van der Waals surface area contributed by atoms with Gasteiger partial charge in [-0.05, 0) is 54.2 Å². The van der Waals surface area contributed by atoms with E-state index in [2.05, 4.69) is 31.0 Å². The highest BCUT2D eigenvalue weighted by Crippen LogP contribution is 2.60. The number of ether oxygens (including phenoxy) is 2. The van der Waals surface area contributed by atoms with Crippen LogP contribution in [-0.2, 0) is 20.7 Å². The Bertz CT molecular complexity index is 1110. The van der Waals surface area contributed by atoms with Crippen LogP contribution in [0.25, 0.3) is 0 Å². The smallest absolute Gasteiger partial charge is 0.265 e. The summed E-state index contributed by atoms with van der Waals surface area (Å²) in [6, 6.07) is 7.75. The van der Waals surface area contributed by atoms with Gasteiger partial charge in [0.05, 0.1) is 0 Å². The SMILES string of the molecule is C=CC1C=CC2C3CC(C)CCC3C3Oc4ccc(cc4)CC4(O)NC(=O)C5(OC45)C(=O)C1C23. The lowest BCUT2D eigenvalue weighted by molar-refractivity contribution is -0.143. The Hall–Kier alpha value is -2.44. The van der Waals surface area contributed by atoms with Crippen LogP contribution in [0.5, 0.6) is 5.75 Å². The molecule has 34 heavy (non-hydrogen) atoms. The van der Waals surface area contributed by atoms with Gasteiger partial charge in [0.25, 0.3) is 5.91 Å². The number of benzene rings is 1. The molecule has 4 aliphatic heterocycles. The van der Waals surface area contributed by atoms with Crippen LogP contribution in [0.4, 0.5) is 0 Å². The molecule has 1 aromatic rings. The molecule has 2 saturated heterocycles. The highest BCUT2D eigenvalue weighted by atomic mass is 16.6. The van der Waals surface area contributed by atoms with Crippen molar-refractivity contribution in [3.63, 3.8) is 0 Å². The second kappa shape index (κ2) is 6.82. The predicted molar refractivity (Wildman–Crippen MR) is 124 cm³/mol. The number of aliphatic hydroxyl groups is 1. The predicted octanol–water partition coefficient (Wildman–Crippen LogP) is 2.80. The number of carbonyl (C=O) groups is 2. The van der Waals surface area contributed by atoms with E-state index >= 15 is 0 Å². The molecule has 1 amide bonds. The first-order valence-corrected chi connectivity index (χ1v) is 12.7. The van der Waals surface area contributed by atoms with E-state index in [-0.39, 0.29) is 36.1 Å². The van der Waals surface area contributed by atoms with Gasteiger partial charge >= 0.3 is 0 Å². The lowest BCUT2D eigenvalue weighted by atomic mass is 9.65. The summed E-state index contributed by atoms with van der Waals surface area (Å²) >= 11 is 0. The Morgan fingerprint density at radius 3 is 2.68 bits per heavy atom. The number of rotatable bonds is 1. The van der Waals surface area contributed by atoms with Gasteiger partial charge in [-0.25, -0.2) is 0 Å². The van der Waals surface area contributed by atoms with E-state index in [0.29, 0.717) is 17.8 Å². The number of hydrogen-bond donors (Lipinski definition) is 2. The molecule has 2 saturated carbocycles.